The molecule has 154 valence electrons. The summed E-state index contributed by atoms with van der Waals surface area (Å²) in [4.78, 5) is 11.9. The molecule has 1 aliphatic rings. The highest BCUT2D eigenvalue weighted by Gasteiger charge is 2.14. The van der Waals surface area contributed by atoms with Gasteiger partial charge in [0, 0.05) is 25.4 Å². The van der Waals surface area contributed by atoms with Gasteiger partial charge in [-0.25, -0.2) is 0 Å². The molecule has 1 aromatic carbocycles. The van der Waals surface area contributed by atoms with Crippen molar-refractivity contribution in [1.82, 2.24) is 0 Å². The molecule has 2 unspecified atom stereocenters. The van der Waals surface area contributed by atoms with Crippen molar-refractivity contribution >= 4 is 29.2 Å². The summed E-state index contributed by atoms with van der Waals surface area (Å²) in [6.45, 7) is 1.60. The van der Waals surface area contributed by atoms with Gasteiger partial charge in [-0.15, -0.1) is 0 Å². The van der Waals surface area contributed by atoms with Crippen LogP contribution >= 0.6 is 23.2 Å². The fourth-order valence-electron chi connectivity index (χ4n) is 2.98. The van der Waals surface area contributed by atoms with Crippen molar-refractivity contribution in [3.05, 3.63) is 33.8 Å². The Bertz CT molecular complexity index is 656. The number of halogens is 2. The fourth-order valence-corrected chi connectivity index (χ4v) is 3.30. The summed E-state index contributed by atoms with van der Waals surface area (Å²) in [5.74, 6) is -0.475. The summed E-state index contributed by atoms with van der Waals surface area (Å²) in [6.07, 6.45) is 5.79. The van der Waals surface area contributed by atoms with Crippen LogP contribution in [0.4, 0.5) is 0 Å². The van der Waals surface area contributed by atoms with Gasteiger partial charge in [0.2, 0.25) is 0 Å². The molecule has 1 saturated heterocycles. The zero-order valence-corrected chi connectivity index (χ0v) is 17.5. The Balaban J connectivity index is 1.55. The molecule has 0 amide bonds. The summed E-state index contributed by atoms with van der Waals surface area (Å²) in [7, 11) is 0. The number of esters is 1. The summed E-state index contributed by atoms with van der Waals surface area (Å²) in [6, 6.07) is 7.73. The monoisotopic (exact) mass is 427 g/mol. The highest BCUT2D eigenvalue weighted by atomic mass is 35.5. The van der Waals surface area contributed by atoms with Crippen molar-refractivity contribution < 1.29 is 19.0 Å². The van der Waals surface area contributed by atoms with Gasteiger partial charge in [-0.1, -0.05) is 29.3 Å². The molecule has 0 saturated carbocycles. The third-order valence-electron chi connectivity index (χ3n) is 4.64. The van der Waals surface area contributed by atoms with Crippen molar-refractivity contribution in [1.29, 1.82) is 5.26 Å². The lowest BCUT2D eigenvalue weighted by Gasteiger charge is -2.22. The Morgan fingerprint density at radius 3 is 2.82 bits per heavy atom. The minimum Gasteiger partial charge on any atom is -0.466 e. The first-order chi connectivity index (χ1) is 13.6. The molecular formula is C21H27Cl2NO4. The summed E-state index contributed by atoms with van der Waals surface area (Å²) in [5, 5.41) is 10.3. The van der Waals surface area contributed by atoms with Crippen LogP contribution in [0.25, 0.3) is 0 Å². The van der Waals surface area contributed by atoms with E-state index in [1.807, 2.05) is 12.1 Å². The number of nitrogens with zero attached hydrogens (tertiary/aromatic N) is 1. The van der Waals surface area contributed by atoms with Gasteiger partial charge >= 0.3 is 5.97 Å². The van der Waals surface area contributed by atoms with Crippen LogP contribution in [0.2, 0.25) is 10.0 Å². The van der Waals surface area contributed by atoms with Crippen LogP contribution in [-0.4, -0.2) is 32.1 Å². The van der Waals surface area contributed by atoms with Gasteiger partial charge in [0.15, 0.2) is 6.29 Å². The van der Waals surface area contributed by atoms with Crippen molar-refractivity contribution in [3.8, 4) is 6.07 Å². The van der Waals surface area contributed by atoms with E-state index in [4.69, 9.17) is 37.4 Å². The van der Waals surface area contributed by atoms with Gasteiger partial charge < -0.3 is 14.2 Å². The smallest absolute Gasteiger partial charge is 0.305 e. The molecule has 7 heteroatoms. The Labute approximate surface area is 176 Å². The Hall–Kier alpha value is -1.32. The number of ether oxygens (including phenoxy) is 3. The van der Waals surface area contributed by atoms with Crippen molar-refractivity contribution in [2.75, 3.05) is 19.8 Å². The Morgan fingerprint density at radius 2 is 2.11 bits per heavy atom. The second-order valence-corrected chi connectivity index (χ2v) is 7.71. The van der Waals surface area contributed by atoms with E-state index in [9.17, 15) is 10.1 Å². The van der Waals surface area contributed by atoms with Crippen LogP contribution in [-0.2, 0) is 25.4 Å². The predicted molar refractivity (Wildman–Crippen MR) is 108 cm³/mol. The van der Waals surface area contributed by atoms with Crippen LogP contribution in [0.3, 0.4) is 0 Å². The minimum absolute atomic E-state index is 0.114. The molecule has 2 rings (SSSR count). The van der Waals surface area contributed by atoms with Gasteiger partial charge in [0.25, 0.3) is 0 Å². The Morgan fingerprint density at radius 1 is 1.25 bits per heavy atom. The number of carbonyl (C=O) groups is 1. The van der Waals surface area contributed by atoms with E-state index in [1.165, 1.54) is 0 Å². The molecular weight excluding hydrogens is 401 g/mol. The van der Waals surface area contributed by atoms with E-state index < -0.39 is 0 Å². The number of hydrogen-bond donors (Lipinski definition) is 0. The maximum atomic E-state index is 11.9. The summed E-state index contributed by atoms with van der Waals surface area (Å²) >= 11 is 11.9. The lowest BCUT2D eigenvalue weighted by atomic mass is 9.96. The van der Waals surface area contributed by atoms with Gasteiger partial charge in [0.05, 0.1) is 29.3 Å². The number of carbonyl (C=O) groups excluding carboxylic acids is 1. The molecule has 28 heavy (non-hydrogen) atoms. The van der Waals surface area contributed by atoms with Crippen LogP contribution < -0.4 is 0 Å². The quantitative estimate of drug-likeness (QED) is 0.352. The first-order valence-corrected chi connectivity index (χ1v) is 10.6. The van der Waals surface area contributed by atoms with Gasteiger partial charge in [-0.05, 0) is 56.2 Å². The number of rotatable bonds is 11. The zero-order valence-electron chi connectivity index (χ0n) is 16.0. The predicted octanol–water partition coefficient (Wildman–Crippen LogP) is 5.32. The third-order valence-corrected chi connectivity index (χ3v) is 5.38. The number of hydrogen-bond acceptors (Lipinski definition) is 5. The molecule has 0 aliphatic carbocycles. The largest absolute Gasteiger partial charge is 0.466 e. The highest BCUT2D eigenvalue weighted by molar-refractivity contribution is 6.42. The normalized spacial score (nSPS) is 17.7. The van der Waals surface area contributed by atoms with E-state index in [0.29, 0.717) is 48.9 Å². The minimum atomic E-state index is -0.274. The molecule has 1 fully saturated rings. The van der Waals surface area contributed by atoms with Gasteiger partial charge in [0.1, 0.15) is 0 Å². The molecule has 0 radical (unpaired) electrons. The standard InChI is InChI=1S/C21H27Cl2NO4/c22-18-9-7-16(14-19(18)23)5-6-17(15-24)8-10-20(25)26-12-3-13-28-21-4-1-2-11-27-21/h7,9,14,17,21H,1-6,8,10-13H2. The van der Waals surface area contributed by atoms with E-state index >= 15 is 0 Å². The SMILES string of the molecule is N#CC(CCC(=O)OCCCOC1CCCCO1)CCc1ccc(Cl)c(Cl)c1. The van der Waals surface area contributed by atoms with Crippen LogP contribution in [0.5, 0.6) is 0 Å². The molecule has 0 aromatic heterocycles. The molecule has 5 nitrogen and oxygen atoms in total. The van der Waals surface area contributed by atoms with E-state index in [1.54, 1.807) is 6.07 Å². The van der Waals surface area contributed by atoms with Crippen LogP contribution in [0.1, 0.15) is 50.5 Å². The van der Waals surface area contributed by atoms with Gasteiger partial charge in [-0.2, -0.15) is 5.26 Å². The molecule has 2 atom stereocenters. The second-order valence-electron chi connectivity index (χ2n) is 6.89. The topological polar surface area (TPSA) is 68.6 Å². The fraction of sp³-hybridized carbons (Fsp3) is 0.619. The zero-order chi connectivity index (χ0) is 20.2. The number of benzene rings is 1. The average molecular weight is 428 g/mol. The van der Waals surface area contributed by atoms with E-state index in [2.05, 4.69) is 6.07 Å². The maximum absolute atomic E-state index is 11.9. The van der Waals surface area contributed by atoms with E-state index in [0.717, 1.165) is 31.4 Å². The van der Waals surface area contributed by atoms with Crippen molar-refractivity contribution in [3.63, 3.8) is 0 Å². The van der Waals surface area contributed by atoms with Crippen LogP contribution in [0, 0.1) is 17.2 Å². The highest BCUT2D eigenvalue weighted by Crippen LogP contribution is 2.24. The average Bonchev–Trinajstić information content (AvgIpc) is 2.71. The van der Waals surface area contributed by atoms with E-state index in [-0.39, 0.29) is 24.6 Å². The molecule has 1 heterocycles. The maximum Gasteiger partial charge on any atom is 0.305 e. The van der Waals surface area contributed by atoms with Crippen LogP contribution in [0.15, 0.2) is 18.2 Å². The Kier molecular flexibility index (Phi) is 10.7. The first kappa shape index (κ1) is 23.0. The molecule has 0 N–H and O–H groups in total. The van der Waals surface area contributed by atoms with Crippen molar-refractivity contribution in [2.45, 2.75) is 57.7 Å². The number of nitriles is 1. The molecule has 0 bridgehead atoms. The molecule has 0 spiro atoms. The third kappa shape index (κ3) is 8.79. The second kappa shape index (κ2) is 13.0. The summed E-state index contributed by atoms with van der Waals surface area (Å²) in [5.41, 5.74) is 1.03. The first-order valence-electron chi connectivity index (χ1n) is 9.81. The molecule has 1 aliphatic heterocycles. The van der Waals surface area contributed by atoms with Gasteiger partial charge in [-0.3, -0.25) is 4.79 Å². The lowest BCUT2D eigenvalue weighted by molar-refractivity contribution is -0.165. The summed E-state index contributed by atoms with van der Waals surface area (Å²) < 4.78 is 16.3. The molecule has 1 aromatic rings. The van der Waals surface area contributed by atoms with Crippen molar-refractivity contribution in [2.24, 2.45) is 5.92 Å². The lowest BCUT2D eigenvalue weighted by Crippen LogP contribution is -2.23. The number of aryl methyl sites for hydroxylation is 1.